The zero-order valence-electron chi connectivity index (χ0n) is 14.9. The molecule has 0 aliphatic carbocycles. The number of anilines is 1. The molecule has 1 aliphatic rings. The van der Waals surface area contributed by atoms with Gasteiger partial charge >= 0.3 is 5.91 Å². The molecule has 1 atom stereocenters. The molecule has 1 N–H and O–H groups in total. The van der Waals surface area contributed by atoms with Crippen LogP contribution in [0.1, 0.15) is 17.2 Å². The van der Waals surface area contributed by atoms with Gasteiger partial charge in [-0.2, -0.15) is 0 Å². The molecule has 0 spiro atoms. The number of hydrogen-bond donors (Lipinski definition) is 1. The van der Waals surface area contributed by atoms with Gasteiger partial charge in [-0.25, -0.2) is 4.98 Å². The highest BCUT2D eigenvalue weighted by Gasteiger charge is 2.47. The number of amides is 1. The molecule has 1 fully saturated rings. The Balaban J connectivity index is 1.94. The molecule has 0 saturated carbocycles. The number of nitrogens with zero attached hydrogens (tertiary/aromatic N) is 2. The second-order valence-electron chi connectivity index (χ2n) is 6.42. The molecule has 2 aromatic carbocycles. The van der Waals surface area contributed by atoms with Gasteiger partial charge in [0, 0.05) is 21.3 Å². The Bertz CT molecular complexity index is 1110. The Kier molecular flexibility index (Phi) is 5.22. The van der Waals surface area contributed by atoms with Crippen LogP contribution in [0.4, 0.5) is 5.82 Å². The van der Waals surface area contributed by atoms with Gasteiger partial charge < -0.3 is 5.11 Å². The molecule has 3 aromatic rings. The minimum absolute atomic E-state index is 0.00763. The maximum absolute atomic E-state index is 12.9. The number of benzene rings is 2. The minimum Gasteiger partial charge on any atom is -0.507 e. The molecule has 1 saturated heterocycles. The Labute approximate surface area is 180 Å². The van der Waals surface area contributed by atoms with E-state index >= 15 is 0 Å². The molecule has 5 nitrogen and oxygen atoms in total. The number of aliphatic hydroxyl groups excluding tert-OH is 1. The number of aliphatic hydroxyl groups is 1. The van der Waals surface area contributed by atoms with Gasteiger partial charge in [-0.05, 0) is 45.8 Å². The number of pyridine rings is 1. The highest BCUT2D eigenvalue weighted by Crippen LogP contribution is 2.41. The number of halogens is 2. The normalized spacial score (nSPS) is 18.3. The van der Waals surface area contributed by atoms with Crippen molar-refractivity contribution in [2.75, 3.05) is 4.90 Å². The van der Waals surface area contributed by atoms with Gasteiger partial charge in [-0.3, -0.25) is 14.5 Å². The fourth-order valence-corrected chi connectivity index (χ4v) is 3.65. The lowest BCUT2D eigenvalue weighted by molar-refractivity contribution is -0.132. The number of rotatable bonds is 3. The highest BCUT2D eigenvalue weighted by atomic mass is 79.9. The fraction of sp³-hybridized carbons (Fsp3) is 0.0455. The van der Waals surface area contributed by atoms with E-state index in [0.717, 1.165) is 4.47 Å². The number of ketones is 1. The molecule has 29 heavy (non-hydrogen) atoms. The summed E-state index contributed by atoms with van der Waals surface area (Å²) in [5.41, 5.74) is 1.09. The summed E-state index contributed by atoms with van der Waals surface area (Å²) in [4.78, 5) is 31.5. The van der Waals surface area contributed by atoms with Crippen molar-refractivity contribution < 1.29 is 14.7 Å². The Morgan fingerprint density at radius 1 is 1.00 bits per heavy atom. The lowest BCUT2D eigenvalue weighted by Gasteiger charge is -2.24. The standard InChI is InChI=1S/C22H14BrClN2O3/c23-15-8-11-17(25-12-15)26-19(13-6-9-16(24)10-7-13)18(21(28)22(26)29)20(27)14-4-2-1-3-5-14/h1-12,19,27H/t19-/m1/s1. The number of carbonyl (C=O) groups excluding carboxylic acids is 2. The smallest absolute Gasteiger partial charge is 0.301 e. The van der Waals surface area contributed by atoms with E-state index in [1.807, 2.05) is 0 Å². The van der Waals surface area contributed by atoms with Crippen LogP contribution in [0.3, 0.4) is 0 Å². The zero-order chi connectivity index (χ0) is 20.5. The molecule has 1 aliphatic heterocycles. The van der Waals surface area contributed by atoms with Crippen molar-refractivity contribution in [3.05, 3.63) is 99.1 Å². The average molecular weight is 470 g/mol. The van der Waals surface area contributed by atoms with Gasteiger partial charge in [-0.1, -0.05) is 54.1 Å². The lowest BCUT2D eigenvalue weighted by atomic mass is 9.95. The second-order valence-corrected chi connectivity index (χ2v) is 7.77. The predicted molar refractivity (Wildman–Crippen MR) is 115 cm³/mol. The van der Waals surface area contributed by atoms with Gasteiger partial charge in [0.05, 0.1) is 11.6 Å². The molecule has 1 amide bonds. The van der Waals surface area contributed by atoms with Crippen LogP contribution in [0, 0.1) is 0 Å². The summed E-state index contributed by atoms with van der Waals surface area (Å²) >= 11 is 9.33. The number of hydrogen-bond acceptors (Lipinski definition) is 4. The van der Waals surface area contributed by atoms with Crippen molar-refractivity contribution in [3.8, 4) is 0 Å². The third kappa shape index (κ3) is 3.57. The predicted octanol–water partition coefficient (Wildman–Crippen LogP) is 5.12. The summed E-state index contributed by atoms with van der Waals surface area (Å²) < 4.78 is 0.741. The van der Waals surface area contributed by atoms with Crippen LogP contribution >= 0.6 is 27.5 Å². The third-order valence-corrected chi connectivity index (χ3v) is 5.36. The Morgan fingerprint density at radius 2 is 1.69 bits per heavy atom. The van der Waals surface area contributed by atoms with E-state index < -0.39 is 17.7 Å². The molecule has 144 valence electrons. The third-order valence-electron chi connectivity index (χ3n) is 4.64. The SMILES string of the molecule is O=C1C(=O)N(c2ccc(Br)cn2)[C@H](c2ccc(Cl)cc2)C1=C(O)c1ccccc1. The quantitative estimate of drug-likeness (QED) is 0.328. The van der Waals surface area contributed by atoms with Gasteiger partial charge in [0.1, 0.15) is 11.6 Å². The number of Topliss-reactive ketones (excluding diaryl/α,β-unsaturated/α-hetero) is 1. The first-order valence-corrected chi connectivity index (χ1v) is 9.88. The van der Waals surface area contributed by atoms with Crippen LogP contribution in [0.15, 0.2) is 83.0 Å². The maximum Gasteiger partial charge on any atom is 0.301 e. The van der Waals surface area contributed by atoms with Crippen molar-refractivity contribution in [3.63, 3.8) is 0 Å². The molecule has 0 radical (unpaired) electrons. The molecule has 1 aromatic heterocycles. The van der Waals surface area contributed by atoms with Crippen molar-refractivity contribution in [1.82, 2.24) is 4.98 Å². The monoisotopic (exact) mass is 468 g/mol. The van der Waals surface area contributed by atoms with E-state index in [1.54, 1.807) is 72.9 Å². The van der Waals surface area contributed by atoms with Crippen LogP contribution in [0.2, 0.25) is 5.02 Å². The van der Waals surface area contributed by atoms with E-state index in [2.05, 4.69) is 20.9 Å². The zero-order valence-corrected chi connectivity index (χ0v) is 17.3. The van der Waals surface area contributed by atoms with Crippen LogP contribution < -0.4 is 4.90 Å². The van der Waals surface area contributed by atoms with Gasteiger partial charge in [0.25, 0.3) is 5.78 Å². The maximum atomic E-state index is 12.9. The van der Waals surface area contributed by atoms with Crippen LogP contribution in [-0.4, -0.2) is 21.8 Å². The topological polar surface area (TPSA) is 70.5 Å². The second kappa shape index (κ2) is 7.81. The summed E-state index contributed by atoms with van der Waals surface area (Å²) in [7, 11) is 0. The van der Waals surface area contributed by atoms with Gasteiger partial charge in [-0.15, -0.1) is 0 Å². The largest absolute Gasteiger partial charge is 0.507 e. The van der Waals surface area contributed by atoms with Crippen molar-refractivity contribution in [2.45, 2.75) is 6.04 Å². The molecular formula is C22H14BrClN2O3. The summed E-state index contributed by atoms with van der Waals surface area (Å²) in [5, 5.41) is 11.5. The van der Waals surface area contributed by atoms with E-state index in [4.69, 9.17) is 11.6 Å². The summed E-state index contributed by atoms with van der Waals surface area (Å²) in [6.07, 6.45) is 1.55. The summed E-state index contributed by atoms with van der Waals surface area (Å²) in [5.74, 6) is -1.45. The fourth-order valence-electron chi connectivity index (χ4n) is 3.29. The van der Waals surface area contributed by atoms with E-state index in [9.17, 15) is 14.7 Å². The van der Waals surface area contributed by atoms with E-state index in [1.165, 1.54) is 4.90 Å². The first kappa shape index (κ1) is 19.4. The Hall–Kier alpha value is -2.96. The van der Waals surface area contributed by atoms with Crippen LogP contribution in [0.25, 0.3) is 5.76 Å². The summed E-state index contributed by atoms with van der Waals surface area (Å²) in [6.45, 7) is 0. The number of aromatic nitrogens is 1. The molecule has 7 heteroatoms. The average Bonchev–Trinajstić information content (AvgIpc) is 3.00. The van der Waals surface area contributed by atoms with Crippen LogP contribution in [0.5, 0.6) is 0 Å². The first-order chi connectivity index (χ1) is 14.0. The lowest BCUT2D eigenvalue weighted by Crippen LogP contribution is -2.30. The van der Waals surface area contributed by atoms with Crippen molar-refractivity contribution >= 4 is 50.8 Å². The minimum atomic E-state index is -0.832. The Morgan fingerprint density at radius 3 is 2.31 bits per heavy atom. The first-order valence-electron chi connectivity index (χ1n) is 8.71. The molecule has 0 bridgehead atoms. The van der Waals surface area contributed by atoms with Gasteiger partial charge in [0.2, 0.25) is 0 Å². The van der Waals surface area contributed by atoms with Crippen LogP contribution in [-0.2, 0) is 9.59 Å². The molecule has 4 rings (SSSR count). The molecule has 0 unspecified atom stereocenters. The molecule has 2 heterocycles. The number of carbonyl (C=O) groups is 2. The van der Waals surface area contributed by atoms with E-state index in [-0.39, 0.29) is 11.3 Å². The molecular weight excluding hydrogens is 456 g/mol. The van der Waals surface area contributed by atoms with Crippen molar-refractivity contribution in [1.29, 1.82) is 0 Å². The van der Waals surface area contributed by atoms with E-state index in [0.29, 0.717) is 22.0 Å². The van der Waals surface area contributed by atoms with Gasteiger partial charge in [0.15, 0.2) is 0 Å². The summed E-state index contributed by atoms with van der Waals surface area (Å²) in [6, 6.07) is 18.0. The highest BCUT2D eigenvalue weighted by molar-refractivity contribution is 9.10. The van der Waals surface area contributed by atoms with Crippen molar-refractivity contribution in [2.24, 2.45) is 0 Å².